The molecule has 170 valence electrons. The van der Waals surface area contributed by atoms with Crippen LogP contribution in [0.4, 0.5) is 17.1 Å². The van der Waals surface area contributed by atoms with Crippen molar-refractivity contribution in [2.24, 2.45) is 0 Å². The molecule has 1 heterocycles. The van der Waals surface area contributed by atoms with Gasteiger partial charge in [0.25, 0.3) is 0 Å². The first kappa shape index (κ1) is 20.9. The molecule has 36 heavy (non-hydrogen) atoms. The van der Waals surface area contributed by atoms with Gasteiger partial charge in [-0.3, -0.25) is 0 Å². The topological polar surface area (TPSA) is 3.24 Å². The van der Waals surface area contributed by atoms with Gasteiger partial charge in [-0.15, -0.1) is 11.3 Å². The van der Waals surface area contributed by atoms with Gasteiger partial charge < -0.3 is 4.90 Å². The Balaban J connectivity index is 1.36. The number of benzene rings is 6. The number of nitrogens with zero attached hydrogens (tertiary/aromatic N) is 1. The zero-order chi connectivity index (χ0) is 23.9. The van der Waals surface area contributed by atoms with Crippen molar-refractivity contribution in [3.63, 3.8) is 0 Å². The van der Waals surface area contributed by atoms with E-state index in [1.807, 2.05) is 11.3 Å². The molecule has 1 aromatic heterocycles. The molecule has 0 atom stereocenters. The summed E-state index contributed by atoms with van der Waals surface area (Å²) < 4.78 is 2.70. The molecule has 0 unspecified atom stereocenters. The molecule has 0 saturated heterocycles. The third-order valence-electron chi connectivity index (χ3n) is 6.85. The van der Waals surface area contributed by atoms with Crippen LogP contribution in [0.3, 0.4) is 0 Å². The average Bonchev–Trinajstić information content (AvgIpc) is 3.34. The van der Waals surface area contributed by atoms with E-state index in [-0.39, 0.29) is 0 Å². The summed E-state index contributed by atoms with van der Waals surface area (Å²) in [5.74, 6) is 0. The normalized spacial score (nSPS) is 11.3. The molecule has 0 bridgehead atoms. The smallest absolute Gasteiger partial charge is 0.0468 e. The van der Waals surface area contributed by atoms with Crippen molar-refractivity contribution in [1.82, 2.24) is 0 Å². The number of thiophene rings is 1. The molecule has 1 nitrogen and oxygen atoms in total. The van der Waals surface area contributed by atoms with E-state index in [2.05, 4.69) is 144 Å². The van der Waals surface area contributed by atoms with E-state index in [9.17, 15) is 0 Å². The predicted molar refractivity (Wildman–Crippen MR) is 157 cm³/mol. The Hall–Kier alpha value is -4.40. The molecular formula is C34H23NS. The Morgan fingerprint density at radius 3 is 1.83 bits per heavy atom. The van der Waals surface area contributed by atoms with Crippen LogP contribution in [0.5, 0.6) is 0 Å². The second kappa shape index (κ2) is 8.67. The monoisotopic (exact) mass is 477 g/mol. The minimum atomic E-state index is 1.14. The van der Waals surface area contributed by atoms with Gasteiger partial charge in [0.05, 0.1) is 0 Å². The molecular weight excluding hydrogens is 454 g/mol. The van der Waals surface area contributed by atoms with Gasteiger partial charge in [0, 0.05) is 37.2 Å². The molecule has 7 rings (SSSR count). The van der Waals surface area contributed by atoms with Gasteiger partial charge in [0.15, 0.2) is 0 Å². The molecule has 0 amide bonds. The summed E-state index contributed by atoms with van der Waals surface area (Å²) in [5, 5.41) is 5.25. The highest BCUT2D eigenvalue weighted by molar-refractivity contribution is 7.26. The molecule has 0 radical (unpaired) electrons. The molecule has 0 spiro atoms. The highest BCUT2D eigenvalue weighted by Gasteiger charge is 2.15. The number of para-hydroxylation sites is 1. The molecule has 6 aromatic carbocycles. The second-order valence-electron chi connectivity index (χ2n) is 9.03. The number of fused-ring (bicyclic) bond motifs is 5. The third kappa shape index (κ3) is 3.55. The van der Waals surface area contributed by atoms with Crippen LogP contribution in [0.25, 0.3) is 42.1 Å². The second-order valence-corrected chi connectivity index (χ2v) is 10.1. The van der Waals surface area contributed by atoms with Crippen LogP contribution in [0.1, 0.15) is 0 Å². The van der Waals surface area contributed by atoms with Crippen molar-refractivity contribution >= 4 is 59.3 Å². The first-order chi connectivity index (χ1) is 17.8. The van der Waals surface area contributed by atoms with Gasteiger partial charge in [-0.1, -0.05) is 97.1 Å². The van der Waals surface area contributed by atoms with Gasteiger partial charge >= 0.3 is 0 Å². The summed E-state index contributed by atoms with van der Waals surface area (Å²) in [7, 11) is 0. The maximum Gasteiger partial charge on any atom is 0.0468 e. The Bertz CT molecular complexity index is 1820. The van der Waals surface area contributed by atoms with E-state index in [1.54, 1.807) is 0 Å². The number of rotatable bonds is 4. The van der Waals surface area contributed by atoms with Crippen LogP contribution in [0, 0.1) is 0 Å². The van der Waals surface area contributed by atoms with Crippen molar-refractivity contribution < 1.29 is 0 Å². The lowest BCUT2D eigenvalue weighted by Crippen LogP contribution is -2.09. The molecule has 0 aliphatic carbocycles. The Morgan fingerprint density at radius 2 is 1.03 bits per heavy atom. The fraction of sp³-hybridized carbons (Fsp3) is 0. The number of hydrogen-bond acceptors (Lipinski definition) is 2. The fourth-order valence-corrected chi connectivity index (χ4v) is 6.33. The first-order valence-corrected chi connectivity index (χ1v) is 13.0. The van der Waals surface area contributed by atoms with Crippen LogP contribution in [0.15, 0.2) is 140 Å². The zero-order valence-electron chi connectivity index (χ0n) is 19.6. The van der Waals surface area contributed by atoms with E-state index >= 15 is 0 Å². The fourth-order valence-electron chi connectivity index (χ4n) is 5.10. The van der Waals surface area contributed by atoms with E-state index in [0.29, 0.717) is 0 Å². The number of hydrogen-bond donors (Lipinski definition) is 0. The predicted octanol–water partition coefficient (Wildman–Crippen LogP) is 10.3. The molecule has 0 fully saturated rings. The summed E-state index contributed by atoms with van der Waals surface area (Å²) in [4.78, 5) is 2.34. The highest BCUT2D eigenvalue weighted by Crippen LogP contribution is 2.41. The Labute approximate surface area is 214 Å². The highest BCUT2D eigenvalue weighted by atomic mass is 32.1. The largest absolute Gasteiger partial charge is 0.310 e. The van der Waals surface area contributed by atoms with Crippen LogP contribution >= 0.6 is 11.3 Å². The van der Waals surface area contributed by atoms with Crippen LogP contribution in [-0.4, -0.2) is 0 Å². The minimum Gasteiger partial charge on any atom is -0.310 e. The summed E-state index contributed by atoms with van der Waals surface area (Å²) in [6.07, 6.45) is 0. The average molecular weight is 478 g/mol. The quantitative estimate of drug-likeness (QED) is 0.244. The molecule has 0 N–H and O–H groups in total. The van der Waals surface area contributed by atoms with Crippen molar-refractivity contribution in [2.75, 3.05) is 4.90 Å². The van der Waals surface area contributed by atoms with E-state index in [1.165, 1.54) is 42.1 Å². The standard InChI is InChI=1S/C34H23NS/c1-3-9-24(10-4-1)25-15-18-28(19-16-25)35(27-11-5-2-6-12-27)29-20-22-30-26(23-29)17-21-32-31-13-7-8-14-33(31)36-34(30)32/h1-23H. The molecule has 7 aromatic rings. The van der Waals surface area contributed by atoms with E-state index < -0.39 is 0 Å². The van der Waals surface area contributed by atoms with Gasteiger partial charge in [-0.2, -0.15) is 0 Å². The molecule has 0 aliphatic rings. The van der Waals surface area contributed by atoms with E-state index in [4.69, 9.17) is 0 Å². The van der Waals surface area contributed by atoms with E-state index in [0.717, 1.165) is 17.1 Å². The lowest BCUT2D eigenvalue weighted by molar-refractivity contribution is 1.29. The van der Waals surface area contributed by atoms with Gasteiger partial charge in [-0.25, -0.2) is 0 Å². The van der Waals surface area contributed by atoms with Crippen molar-refractivity contribution in [3.05, 3.63) is 140 Å². The molecule has 0 aliphatic heterocycles. The first-order valence-electron chi connectivity index (χ1n) is 12.2. The summed E-state index contributed by atoms with van der Waals surface area (Å²) in [5.41, 5.74) is 5.89. The lowest BCUT2D eigenvalue weighted by Gasteiger charge is -2.26. The molecule has 0 saturated carbocycles. The van der Waals surface area contributed by atoms with Gasteiger partial charge in [0.2, 0.25) is 0 Å². The van der Waals surface area contributed by atoms with Crippen LogP contribution < -0.4 is 4.90 Å². The number of anilines is 3. The van der Waals surface area contributed by atoms with Crippen LogP contribution in [-0.2, 0) is 0 Å². The third-order valence-corrected chi connectivity index (χ3v) is 8.07. The van der Waals surface area contributed by atoms with Crippen molar-refractivity contribution in [2.45, 2.75) is 0 Å². The Kier molecular flexibility index (Phi) is 5.04. The maximum absolute atomic E-state index is 2.34. The van der Waals surface area contributed by atoms with Gasteiger partial charge in [-0.05, 0) is 64.4 Å². The molecule has 2 heteroatoms. The summed E-state index contributed by atoms with van der Waals surface area (Å²) in [6.45, 7) is 0. The zero-order valence-corrected chi connectivity index (χ0v) is 20.5. The summed E-state index contributed by atoms with van der Waals surface area (Å²) in [6, 6.07) is 50.1. The Morgan fingerprint density at radius 1 is 0.417 bits per heavy atom. The SMILES string of the molecule is c1ccc(-c2ccc(N(c3ccccc3)c3ccc4c(ccc5c6ccccc6sc45)c3)cc2)cc1. The van der Waals surface area contributed by atoms with Crippen molar-refractivity contribution in [1.29, 1.82) is 0 Å². The lowest BCUT2D eigenvalue weighted by atomic mass is 10.0. The minimum absolute atomic E-state index is 1.14. The van der Waals surface area contributed by atoms with Gasteiger partial charge in [0.1, 0.15) is 0 Å². The maximum atomic E-state index is 2.34. The van der Waals surface area contributed by atoms with Crippen molar-refractivity contribution in [3.8, 4) is 11.1 Å². The van der Waals surface area contributed by atoms with Crippen LogP contribution in [0.2, 0.25) is 0 Å². The summed E-state index contributed by atoms with van der Waals surface area (Å²) >= 11 is 1.88.